The Morgan fingerprint density at radius 2 is 2.19 bits per heavy atom. The number of hydrogen-bond acceptors (Lipinski definition) is 6. The van der Waals surface area contributed by atoms with Gasteiger partial charge in [0.1, 0.15) is 6.07 Å². The van der Waals surface area contributed by atoms with E-state index >= 15 is 0 Å². The molecule has 2 heterocycles. The number of carbonyl (C=O) groups is 1. The molecule has 1 aromatic carbocycles. The van der Waals surface area contributed by atoms with Crippen LogP contribution in [-0.2, 0) is 6.42 Å². The number of carbonyl (C=O) groups excluding carboxylic acids is 1. The van der Waals surface area contributed by atoms with Crippen LogP contribution in [0, 0.1) is 24.1 Å². The molecule has 3 rings (SSSR count). The number of hydrogen-bond donors (Lipinski definition) is 1. The fourth-order valence-corrected chi connectivity index (χ4v) is 3.41. The molecule has 0 spiro atoms. The Bertz CT molecular complexity index is 1030. The maximum atomic E-state index is 13.8. The smallest absolute Gasteiger partial charge is 0.258 e. The molecule has 0 aliphatic carbocycles. The van der Waals surface area contributed by atoms with Crippen molar-refractivity contribution >= 4 is 23.1 Å². The summed E-state index contributed by atoms with van der Waals surface area (Å²) in [5, 5.41) is 11.5. The number of benzene rings is 1. The predicted octanol–water partition coefficient (Wildman–Crippen LogP) is 3.71. The highest BCUT2D eigenvalue weighted by Crippen LogP contribution is 2.25. The van der Waals surface area contributed by atoms with Crippen LogP contribution in [0.25, 0.3) is 0 Å². The Balaban J connectivity index is 1.81. The summed E-state index contributed by atoms with van der Waals surface area (Å²) in [4.78, 5) is 17.7. The van der Waals surface area contributed by atoms with Crippen molar-refractivity contribution in [3.63, 3.8) is 0 Å². The van der Waals surface area contributed by atoms with Gasteiger partial charge in [0.2, 0.25) is 0 Å². The maximum Gasteiger partial charge on any atom is 0.258 e. The van der Waals surface area contributed by atoms with Crippen LogP contribution in [0.2, 0.25) is 0 Å². The van der Waals surface area contributed by atoms with Gasteiger partial charge in [-0.1, -0.05) is 0 Å². The Hall–Kier alpha value is -3.31. The number of nitriles is 1. The zero-order chi connectivity index (χ0) is 19.4. The zero-order valence-corrected chi connectivity index (χ0v) is 15.4. The summed E-state index contributed by atoms with van der Waals surface area (Å²) in [5.41, 5.74) is 2.56. The quantitative estimate of drug-likeness (QED) is 0.727. The molecule has 1 amide bonds. The van der Waals surface area contributed by atoms with Gasteiger partial charge in [0.05, 0.1) is 23.9 Å². The molecule has 1 N–H and O–H groups in total. The van der Waals surface area contributed by atoms with E-state index in [4.69, 9.17) is 10.00 Å². The summed E-state index contributed by atoms with van der Waals surface area (Å²) in [7, 11) is 1.38. The second kappa shape index (κ2) is 7.93. The molecule has 27 heavy (non-hydrogen) atoms. The van der Waals surface area contributed by atoms with Crippen LogP contribution in [0.3, 0.4) is 0 Å². The van der Waals surface area contributed by atoms with Gasteiger partial charge in [0.15, 0.2) is 11.6 Å². The Kier molecular flexibility index (Phi) is 5.43. The second-order valence-electron chi connectivity index (χ2n) is 5.70. The first-order valence-electron chi connectivity index (χ1n) is 7.97. The summed E-state index contributed by atoms with van der Waals surface area (Å²) in [6.45, 7) is 1.75. The van der Waals surface area contributed by atoms with Crippen molar-refractivity contribution in [2.24, 2.45) is 0 Å². The lowest BCUT2D eigenvalue weighted by Crippen LogP contribution is -2.14. The number of methoxy groups -OCH3 is 1. The number of aryl methyl sites for hydroxylation is 1. The van der Waals surface area contributed by atoms with E-state index < -0.39 is 5.82 Å². The fourth-order valence-electron chi connectivity index (χ4n) is 2.53. The van der Waals surface area contributed by atoms with E-state index in [0.29, 0.717) is 28.9 Å². The molecule has 0 aliphatic rings. The summed E-state index contributed by atoms with van der Waals surface area (Å²) in [6.07, 6.45) is 1.90. The summed E-state index contributed by atoms with van der Waals surface area (Å²) < 4.78 is 23.0. The van der Waals surface area contributed by atoms with Crippen LogP contribution >= 0.6 is 11.5 Å². The predicted molar refractivity (Wildman–Crippen MR) is 99.5 cm³/mol. The van der Waals surface area contributed by atoms with Gasteiger partial charge in [-0.2, -0.15) is 9.64 Å². The third-order valence-electron chi connectivity index (χ3n) is 3.87. The first-order chi connectivity index (χ1) is 13.0. The lowest BCUT2D eigenvalue weighted by molar-refractivity contribution is 0.102. The fraction of sp³-hybridized carbons (Fsp3) is 0.158. The Labute approximate surface area is 159 Å². The van der Waals surface area contributed by atoms with Crippen LogP contribution in [-0.4, -0.2) is 22.4 Å². The molecule has 136 valence electrons. The van der Waals surface area contributed by atoms with Crippen molar-refractivity contribution < 1.29 is 13.9 Å². The SMILES string of the molecule is COc1ccc(NC(=O)c2c(C)nsc2Cc2ccc(C#N)cn2)cc1F. The molecule has 0 saturated carbocycles. The second-order valence-corrected chi connectivity index (χ2v) is 6.55. The van der Waals surface area contributed by atoms with Gasteiger partial charge in [0, 0.05) is 34.9 Å². The lowest BCUT2D eigenvalue weighted by Gasteiger charge is -2.08. The number of nitrogens with zero attached hydrogens (tertiary/aromatic N) is 3. The van der Waals surface area contributed by atoms with Crippen molar-refractivity contribution in [1.29, 1.82) is 5.26 Å². The third kappa shape index (κ3) is 4.10. The molecule has 0 atom stereocenters. The third-order valence-corrected chi connectivity index (χ3v) is 4.80. The topological polar surface area (TPSA) is 87.9 Å². The van der Waals surface area contributed by atoms with Gasteiger partial charge in [-0.25, -0.2) is 4.39 Å². The van der Waals surface area contributed by atoms with E-state index in [9.17, 15) is 9.18 Å². The van der Waals surface area contributed by atoms with E-state index in [1.54, 1.807) is 25.1 Å². The maximum absolute atomic E-state index is 13.8. The summed E-state index contributed by atoms with van der Waals surface area (Å²) in [6, 6.07) is 9.65. The molecular weight excluding hydrogens is 367 g/mol. The number of halogens is 1. The van der Waals surface area contributed by atoms with Crippen LogP contribution in [0.5, 0.6) is 5.75 Å². The van der Waals surface area contributed by atoms with E-state index in [1.807, 2.05) is 6.07 Å². The molecular formula is C19H15FN4O2S. The normalized spacial score (nSPS) is 10.3. The average Bonchev–Trinajstić information content (AvgIpc) is 3.03. The van der Waals surface area contributed by atoms with Gasteiger partial charge < -0.3 is 10.1 Å². The van der Waals surface area contributed by atoms with Gasteiger partial charge in [0.25, 0.3) is 5.91 Å². The van der Waals surface area contributed by atoms with Gasteiger partial charge in [-0.3, -0.25) is 9.78 Å². The first kappa shape index (κ1) is 18.5. The number of aromatic nitrogens is 2. The van der Waals surface area contributed by atoms with Crippen LogP contribution < -0.4 is 10.1 Å². The van der Waals surface area contributed by atoms with Gasteiger partial charge >= 0.3 is 0 Å². The molecule has 0 unspecified atom stereocenters. The van der Waals surface area contributed by atoms with Crippen molar-refractivity contribution in [2.75, 3.05) is 12.4 Å². The monoisotopic (exact) mass is 382 g/mol. The minimum atomic E-state index is -0.558. The first-order valence-corrected chi connectivity index (χ1v) is 8.74. The highest BCUT2D eigenvalue weighted by Gasteiger charge is 2.19. The molecule has 0 saturated heterocycles. The van der Waals surface area contributed by atoms with Crippen LogP contribution in [0.15, 0.2) is 36.5 Å². The van der Waals surface area contributed by atoms with Crippen LogP contribution in [0.1, 0.15) is 32.2 Å². The highest BCUT2D eigenvalue weighted by atomic mass is 32.1. The molecule has 8 heteroatoms. The zero-order valence-electron chi connectivity index (χ0n) is 14.6. The molecule has 0 bridgehead atoms. The number of amides is 1. The van der Waals surface area contributed by atoms with E-state index in [1.165, 1.54) is 37.0 Å². The summed E-state index contributed by atoms with van der Waals surface area (Å²) >= 11 is 1.22. The van der Waals surface area contributed by atoms with Crippen LogP contribution in [0.4, 0.5) is 10.1 Å². The van der Waals surface area contributed by atoms with E-state index in [-0.39, 0.29) is 11.7 Å². The molecule has 3 aromatic rings. The highest BCUT2D eigenvalue weighted by molar-refractivity contribution is 7.06. The molecule has 0 radical (unpaired) electrons. The number of ether oxygens (including phenoxy) is 1. The van der Waals surface area contributed by atoms with Gasteiger partial charge in [-0.05, 0) is 42.7 Å². The number of pyridine rings is 1. The average molecular weight is 382 g/mol. The molecule has 2 aromatic heterocycles. The van der Waals surface area contributed by atoms with Crippen molar-refractivity contribution in [1.82, 2.24) is 9.36 Å². The standard InChI is InChI=1S/C19H15FN4O2S/c1-11-18(19(25)23-14-5-6-16(26-2)15(20)7-14)17(27-24-11)8-13-4-3-12(9-21)10-22-13/h3-7,10H,8H2,1-2H3,(H,23,25). The van der Waals surface area contributed by atoms with Crippen molar-refractivity contribution in [3.05, 3.63) is 69.7 Å². The van der Waals surface area contributed by atoms with Gasteiger partial charge in [-0.15, -0.1) is 0 Å². The Morgan fingerprint density at radius 1 is 1.37 bits per heavy atom. The van der Waals surface area contributed by atoms with Crippen molar-refractivity contribution in [2.45, 2.75) is 13.3 Å². The summed E-state index contributed by atoms with van der Waals surface area (Å²) in [5.74, 6) is -0.819. The minimum Gasteiger partial charge on any atom is -0.494 e. The Morgan fingerprint density at radius 3 is 2.81 bits per heavy atom. The molecule has 0 fully saturated rings. The number of nitrogens with one attached hydrogen (secondary N) is 1. The minimum absolute atomic E-state index is 0.106. The number of rotatable bonds is 5. The molecule has 0 aliphatic heterocycles. The number of anilines is 1. The largest absolute Gasteiger partial charge is 0.494 e. The van der Waals surface area contributed by atoms with E-state index in [2.05, 4.69) is 14.7 Å². The lowest BCUT2D eigenvalue weighted by atomic mass is 10.1. The van der Waals surface area contributed by atoms with Crippen molar-refractivity contribution in [3.8, 4) is 11.8 Å². The molecule has 6 nitrogen and oxygen atoms in total. The van der Waals surface area contributed by atoms with E-state index in [0.717, 1.165) is 10.6 Å².